The van der Waals surface area contributed by atoms with Crippen LogP contribution in [-0.4, -0.2) is 12.5 Å². The molecule has 0 aliphatic heterocycles. The molecule has 0 fully saturated rings. The molecule has 0 heterocycles. The Kier molecular flexibility index (Phi) is 4.76. The maximum atomic E-state index is 13.2. The van der Waals surface area contributed by atoms with Gasteiger partial charge >= 0.3 is 0 Å². The van der Waals surface area contributed by atoms with Crippen LogP contribution in [0.1, 0.15) is 25.3 Å². The Morgan fingerprint density at radius 2 is 2.25 bits per heavy atom. The number of hydrogen-bond donors (Lipinski definition) is 2. The van der Waals surface area contributed by atoms with Crippen molar-refractivity contribution in [1.29, 1.82) is 0 Å². The minimum absolute atomic E-state index is 0.244. The Hall–Kier alpha value is -1.58. The van der Waals surface area contributed by atoms with Gasteiger partial charge in [0.15, 0.2) is 5.96 Å². The smallest absolute Gasteiger partial charge is 0.193 e. The number of nitrogens with two attached hydrogens (primary N) is 1. The van der Waals surface area contributed by atoms with Crippen LogP contribution in [0.3, 0.4) is 0 Å². The molecule has 88 valence electrons. The van der Waals surface area contributed by atoms with Crippen LogP contribution < -0.4 is 11.1 Å². The van der Waals surface area contributed by atoms with Gasteiger partial charge in [-0.2, -0.15) is 0 Å². The van der Waals surface area contributed by atoms with E-state index >= 15 is 0 Å². The standard InChI is InChI=1S/C12H18FN3/c1-3-4-7-15-12(14)16-10-6-5-9(2)11(13)8-10/h5-6,8H,3-4,7H2,1-2H3,(H3,14,15,16). The van der Waals surface area contributed by atoms with Gasteiger partial charge in [0.2, 0.25) is 0 Å². The average molecular weight is 223 g/mol. The van der Waals surface area contributed by atoms with E-state index in [1.54, 1.807) is 19.1 Å². The van der Waals surface area contributed by atoms with E-state index in [9.17, 15) is 4.39 Å². The summed E-state index contributed by atoms with van der Waals surface area (Å²) < 4.78 is 13.2. The number of anilines is 1. The molecule has 4 heteroatoms. The number of halogens is 1. The molecular weight excluding hydrogens is 205 g/mol. The van der Waals surface area contributed by atoms with Crippen molar-refractivity contribution in [3.8, 4) is 0 Å². The first-order valence-corrected chi connectivity index (χ1v) is 5.46. The van der Waals surface area contributed by atoms with Gasteiger partial charge in [-0.25, -0.2) is 4.39 Å². The lowest BCUT2D eigenvalue weighted by Crippen LogP contribution is -2.22. The number of unbranched alkanes of at least 4 members (excludes halogenated alkanes) is 1. The van der Waals surface area contributed by atoms with Crippen LogP contribution in [0.4, 0.5) is 10.1 Å². The first kappa shape index (κ1) is 12.5. The summed E-state index contributed by atoms with van der Waals surface area (Å²) >= 11 is 0. The Labute approximate surface area is 95.6 Å². The van der Waals surface area contributed by atoms with Crippen molar-refractivity contribution in [2.75, 3.05) is 11.9 Å². The van der Waals surface area contributed by atoms with E-state index in [0.717, 1.165) is 12.8 Å². The number of aliphatic imine (C=N–C) groups is 1. The van der Waals surface area contributed by atoms with Crippen molar-refractivity contribution in [2.24, 2.45) is 10.7 Å². The molecule has 16 heavy (non-hydrogen) atoms. The lowest BCUT2D eigenvalue weighted by molar-refractivity contribution is 0.619. The van der Waals surface area contributed by atoms with Gasteiger partial charge in [0.25, 0.3) is 0 Å². The Morgan fingerprint density at radius 1 is 1.50 bits per heavy atom. The van der Waals surface area contributed by atoms with E-state index in [1.165, 1.54) is 6.07 Å². The summed E-state index contributed by atoms with van der Waals surface area (Å²) in [5, 5.41) is 2.86. The van der Waals surface area contributed by atoms with Gasteiger partial charge < -0.3 is 11.1 Å². The summed E-state index contributed by atoms with van der Waals surface area (Å²) in [5.41, 5.74) is 6.89. The maximum absolute atomic E-state index is 13.2. The Balaban J connectivity index is 2.59. The van der Waals surface area contributed by atoms with Crippen molar-refractivity contribution in [3.63, 3.8) is 0 Å². The van der Waals surface area contributed by atoms with E-state index in [4.69, 9.17) is 5.73 Å². The molecule has 1 aromatic carbocycles. The normalized spacial score (nSPS) is 11.6. The second-order valence-electron chi connectivity index (χ2n) is 3.71. The molecule has 0 aromatic heterocycles. The van der Waals surface area contributed by atoms with Crippen molar-refractivity contribution >= 4 is 11.6 Å². The molecule has 0 aliphatic rings. The molecule has 0 amide bonds. The third kappa shape index (κ3) is 3.88. The quantitative estimate of drug-likeness (QED) is 0.468. The Bertz CT molecular complexity index is 375. The predicted molar refractivity (Wildman–Crippen MR) is 66.2 cm³/mol. The van der Waals surface area contributed by atoms with E-state index in [0.29, 0.717) is 23.8 Å². The summed E-state index contributed by atoms with van der Waals surface area (Å²) in [5.74, 6) is 0.0862. The van der Waals surface area contributed by atoms with Crippen LogP contribution in [0.2, 0.25) is 0 Å². The lowest BCUT2D eigenvalue weighted by Gasteiger charge is -2.06. The van der Waals surface area contributed by atoms with Crippen LogP contribution in [-0.2, 0) is 0 Å². The fourth-order valence-electron chi connectivity index (χ4n) is 1.22. The van der Waals surface area contributed by atoms with Gasteiger partial charge in [-0.05, 0) is 31.0 Å². The molecule has 0 spiro atoms. The van der Waals surface area contributed by atoms with E-state index < -0.39 is 0 Å². The largest absolute Gasteiger partial charge is 0.370 e. The summed E-state index contributed by atoms with van der Waals surface area (Å²) in [6, 6.07) is 4.90. The van der Waals surface area contributed by atoms with Gasteiger partial charge in [0, 0.05) is 12.2 Å². The van der Waals surface area contributed by atoms with Crippen LogP contribution in [0.25, 0.3) is 0 Å². The van der Waals surface area contributed by atoms with Gasteiger partial charge in [0.1, 0.15) is 5.82 Å². The number of aryl methyl sites for hydroxylation is 1. The number of benzene rings is 1. The number of nitrogens with zero attached hydrogens (tertiary/aromatic N) is 1. The monoisotopic (exact) mass is 223 g/mol. The van der Waals surface area contributed by atoms with Crippen molar-refractivity contribution in [2.45, 2.75) is 26.7 Å². The fourth-order valence-corrected chi connectivity index (χ4v) is 1.22. The number of guanidine groups is 1. The summed E-state index contributed by atoms with van der Waals surface area (Å²) in [4.78, 5) is 4.12. The molecule has 1 rings (SSSR count). The molecule has 0 unspecified atom stereocenters. The van der Waals surface area contributed by atoms with Crippen molar-refractivity contribution in [3.05, 3.63) is 29.6 Å². The lowest BCUT2D eigenvalue weighted by atomic mass is 10.2. The van der Waals surface area contributed by atoms with Gasteiger partial charge in [-0.1, -0.05) is 19.4 Å². The number of nitrogens with one attached hydrogen (secondary N) is 1. The minimum atomic E-state index is -0.244. The first-order chi connectivity index (χ1) is 7.63. The summed E-state index contributed by atoms with van der Waals surface area (Å²) in [7, 11) is 0. The highest BCUT2D eigenvalue weighted by Gasteiger charge is 1.99. The van der Waals surface area contributed by atoms with Crippen LogP contribution >= 0.6 is 0 Å². The van der Waals surface area contributed by atoms with Crippen molar-refractivity contribution < 1.29 is 4.39 Å². The van der Waals surface area contributed by atoms with Gasteiger partial charge in [-0.15, -0.1) is 0 Å². The van der Waals surface area contributed by atoms with Gasteiger partial charge in [0.05, 0.1) is 0 Å². The molecule has 0 bridgehead atoms. The average Bonchev–Trinajstić information content (AvgIpc) is 2.24. The molecule has 3 N–H and O–H groups in total. The molecular formula is C12H18FN3. The molecule has 3 nitrogen and oxygen atoms in total. The fraction of sp³-hybridized carbons (Fsp3) is 0.417. The molecule has 1 aromatic rings. The minimum Gasteiger partial charge on any atom is -0.370 e. The highest BCUT2D eigenvalue weighted by atomic mass is 19.1. The van der Waals surface area contributed by atoms with E-state index in [2.05, 4.69) is 17.2 Å². The number of rotatable bonds is 4. The zero-order valence-electron chi connectivity index (χ0n) is 9.76. The predicted octanol–water partition coefficient (Wildman–Crippen LogP) is 2.66. The highest BCUT2D eigenvalue weighted by Crippen LogP contribution is 2.13. The molecule has 0 aliphatic carbocycles. The maximum Gasteiger partial charge on any atom is 0.193 e. The SMILES string of the molecule is CCCCN=C(N)Nc1ccc(C)c(F)c1. The molecule has 0 radical (unpaired) electrons. The van der Waals surface area contributed by atoms with E-state index in [1.807, 2.05) is 0 Å². The summed E-state index contributed by atoms with van der Waals surface area (Å²) in [6.07, 6.45) is 2.08. The molecule has 0 saturated carbocycles. The van der Waals surface area contributed by atoms with E-state index in [-0.39, 0.29) is 5.82 Å². The third-order valence-electron chi connectivity index (χ3n) is 2.24. The number of hydrogen-bond acceptors (Lipinski definition) is 1. The summed E-state index contributed by atoms with van der Waals surface area (Å²) in [6.45, 7) is 4.51. The third-order valence-corrected chi connectivity index (χ3v) is 2.24. The Morgan fingerprint density at radius 3 is 2.88 bits per heavy atom. The second kappa shape index (κ2) is 6.10. The zero-order valence-corrected chi connectivity index (χ0v) is 9.76. The first-order valence-electron chi connectivity index (χ1n) is 5.46. The molecule has 0 atom stereocenters. The van der Waals surface area contributed by atoms with Gasteiger partial charge in [-0.3, -0.25) is 4.99 Å². The van der Waals surface area contributed by atoms with Crippen molar-refractivity contribution in [1.82, 2.24) is 0 Å². The van der Waals surface area contributed by atoms with Crippen LogP contribution in [0, 0.1) is 12.7 Å². The molecule has 0 saturated heterocycles. The topological polar surface area (TPSA) is 50.4 Å². The highest BCUT2D eigenvalue weighted by molar-refractivity contribution is 5.92. The zero-order chi connectivity index (χ0) is 12.0. The van der Waals surface area contributed by atoms with Crippen LogP contribution in [0.5, 0.6) is 0 Å². The second-order valence-corrected chi connectivity index (χ2v) is 3.71. The van der Waals surface area contributed by atoms with Crippen LogP contribution in [0.15, 0.2) is 23.2 Å².